The van der Waals surface area contributed by atoms with Crippen LogP contribution in [0, 0.1) is 11.3 Å². The molecule has 1 aromatic heterocycles. The molecule has 8 heteroatoms. The predicted octanol–water partition coefficient (Wildman–Crippen LogP) is 4.95. The van der Waals surface area contributed by atoms with E-state index in [9.17, 15) is 4.79 Å². The number of thiazole rings is 1. The number of nitrogens with one attached hydrogen (secondary N) is 1. The first kappa shape index (κ1) is 18.5. The molecule has 0 spiro atoms. The maximum Gasteiger partial charge on any atom is 0.234 e. The number of halogens is 1. The number of nitriles is 1. The normalized spacial score (nSPS) is 10.5. The third kappa shape index (κ3) is 4.47. The SMILES string of the molecule is CCOc1ccc2nc(SCC(=O)Nc3cc(Cl)ccc3C#N)sc2c1. The van der Waals surface area contributed by atoms with Crippen molar-refractivity contribution in [3.8, 4) is 11.8 Å². The average Bonchev–Trinajstić information content (AvgIpc) is 3.03. The van der Waals surface area contributed by atoms with Crippen molar-refractivity contribution in [2.45, 2.75) is 11.3 Å². The zero-order chi connectivity index (χ0) is 18.5. The van der Waals surface area contributed by atoms with Crippen LogP contribution in [0.3, 0.4) is 0 Å². The van der Waals surface area contributed by atoms with Gasteiger partial charge in [0.2, 0.25) is 5.91 Å². The van der Waals surface area contributed by atoms with Crippen molar-refractivity contribution in [3.05, 3.63) is 47.0 Å². The van der Waals surface area contributed by atoms with Gasteiger partial charge in [-0.05, 0) is 43.3 Å². The molecule has 0 saturated heterocycles. The summed E-state index contributed by atoms with van der Waals surface area (Å²) in [5.74, 6) is 0.779. The van der Waals surface area contributed by atoms with Gasteiger partial charge in [0, 0.05) is 5.02 Å². The van der Waals surface area contributed by atoms with Crippen LogP contribution in [0.25, 0.3) is 10.2 Å². The van der Waals surface area contributed by atoms with Crippen LogP contribution in [0.2, 0.25) is 5.02 Å². The highest BCUT2D eigenvalue weighted by Crippen LogP contribution is 2.32. The maximum atomic E-state index is 12.2. The Labute approximate surface area is 163 Å². The summed E-state index contributed by atoms with van der Waals surface area (Å²) in [6.07, 6.45) is 0. The molecule has 3 rings (SSSR count). The molecule has 0 aliphatic rings. The summed E-state index contributed by atoms with van der Waals surface area (Å²) in [5.41, 5.74) is 1.66. The lowest BCUT2D eigenvalue weighted by atomic mass is 10.2. The average molecular weight is 404 g/mol. The van der Waals surface area contributed by atoms with Crippen molar-refractivity contribution in [2.75, 3.05) is 17.7 Å². The van der Waals surface area contributed by atoms with Crippen LogP contribution in [0.4, 0.5) is 5.69 Å². The van der Waals surface area contributed by atoms with Crippen molar-refractivity contribution < 1.29 is 9.53 Å². The van der Waals surface area contributed by atoms with Gasteiger partial charge in [0.25, 0.3) is 0 Å². The first-order chi connectivity index (χ1) is 12.6. The van der Waals surface area contributed by atoms with Gasteiger partial charge >= 0.3 is 0 Å². The molecule has 1 heterocycles. The predicted molar refractivity (Wildman–Crippen MR) is 106 cm³/mol. The van der Waals surface area contributed by atoms with E-state index in [1.807, 2.05) is 31.2 Å². The molecule has 3 aromatic rings. The molecule has 1 amide bonds. The summed E-state index contributed by atoms with van der Waals surface area (Å²) >= 11 is 8.79. The lowest BCUT2D eigenvalue weighted by Crippen LogP contribution is -2.14. The Morgan fingerprint density at radius 3 is 3.00 bits per heavy atom. The number of thioether (sulfide) groups is 1. The van der Waals surface area contributed by atoms with Crippen molar-refractivity contribution in [1.29, 1.82) is 5.26 Å². The molecule has 5 nitrogen and oxygen atoms in total. The van der Waals surface area contributed by atoms with Gasteiger partial charge in [-0.15, -0.1) is 11.3 Å². The Balaban J connectivity index is 1.65. The van der Waals surface area contributed by atoms with Crippen LogP contribution in [0.15, 0.2) is 40.7 Å². The minimum Gasteiger partial charge on any atom is -0.494 e. The molecule has 132 valence electrons. The van der Waals surface area contributed by atoms with E-state index in [2.05, 4.69) is 10.3 Å². The highest BCUT2D eigenvalue weighted by molar-refractivity contribution is 8.01. The van der Waals surface area contributed by atoms with E-state index in [0.29, 0.717) is 22.9 Å². The maximum absolute atomic E-state index is 12.2. The number of nitrogens with zero attached hydrogens (tertiary/aromatic N) is 2. The lowest BCUT2D eigenvalue weighted by Gasteiger charge is -2.06. The van der Waals surface area contributed by atoms with Crippen LogP contribution in [0.5, 0.6) is 5.75 Å². The number of anilines is 1. The molecule has 26 heavy (non-hydrogen) atoms. The van der Waals surface area contributed by atoms with E-state index in [4.69, 9.17) is 21.6 Å². The van der Waals surface area contributed by atoms with Gasteiger partial charge in [0.1, 0.15) is 11.8 Å². The van der Waals surface area contributed by atoms with E-state index >= 15 is 0 Å². The molecule has 0 saturated carbocycles. The van der Waals surface area contributed by atoms with Gasteiger partial charge < -0.3 is 10.1 Å². The topological polar surface area (TPSA) is 75.0 Å². The zero-order valence-corrected chi connectivity index (χ0v) is 16.2. The molecule has 2 aromatic carbocycles. The minimum absolute atomic E-state index is 0.190. The second-order valence-corrected chi connectivity index (χ2v) is 7.87. The largest absolute Gasteiger partial charge is 0.494 e. The number of carbonyl (C=O) groups is 1. The summed E-state index contributed by atoms with van der Waals surface area (Å²) in [6.45, 7) is 2.55. The van der Waals surface area contributed by atoms with E-state index in [1.54, 1.807) is 18.2 Å². The summed E-state index contributed by atoms with van der Waals surface area (Å²) in [4.78, 5) is 16.7. The number of benzene rings is 2. The lowest BCUT2D eigenvalue weighted by molar-refractivity contribution is -0.113. The van der Waals surface area contributed by atoms with Crippen molar-refractivity contribution in [2.24, 2.45) is 0 Å². The third-order valence-corrected chi connectivity index (χ3v) is 5.75. The fourth-order valence-corrected chi connectivity index (χ4v) is 4.30. The number of fused-ring (bicyclic) bond motifs is 1. The Bertz CT molecular complexity index is 998. The van der Waals surface area contributed by atoms with Crippen LogP contribution < -0.4 is 10.1 Å². The smallest absolute Gasteiger partial charge is 0.234 e. The molecule has 0 aliphatic carbocycles. The van der Waals surface area contributed by atoms with Gasteiger partial charge in [-0.3, -0.25) is 4.79 Å². The zero-order valence-electron chi connectivity index (χ0n) is 13.8. The molecular formula is C18H14ClN3O2S2. The molecule has 1 N–H and O–H groups in total. The molecule has 0 radical (unpaired) electrons. The van der Waals surface area contributed by atoms with Crippen LogP contribution in [-0.2, 0) is 4.79 Å². The molecule has 0 unspecified atom stereocenters. The second kappa shape index (κ2) is 8.41. The van der Waals surface area contributed by atoms with E-state index in [1.165, 1.54) is 23.1 Å². The van der Waals surface area contributed by atoms with Crippen molar-refractivity contribution in [3.63, 3.8) is 0 Å². The monoisotopic (exact) mass is 403 g/mol. The standard InChI is InChI=1S/C18H14ClN3O2S2/c1-2-24-13-5-6-14-16(8-13)26-18(22-14)25-10-17(23)21-15-7-12(19)4-3-11(15)9-20/h3-8H,2,10H2,1H3,(H,21,23). The van der Waals surface area contributed by atoms with Crippen LogP contribution in [0.1, 0.15) is 12.5 Å². The Hall–Kier alpha value is -2.27. The number of aromatic nitrogens is 1. The van der Waals surface area contributed by atoms with Crippen LogP contribution in [-0.4, -0.2) is 23.3 Å². The van der Waals surface area contributed by atoms with E-state index in [0.717, 1.165) is 20.3 Å². The first-order valence-electron chi connectivity index (χ1n) is 7.74. The minimum atomic E-state index is -0.219. The number of ether oxygens (including phenoxy) is 1. The molecule has 0 aliphatic heterocycles. The van der Waals surface area contributed by atoms with Gasteiger partial charge in [-0.25, -0.2) is 4.98 Å². The summed E-state index contributed by atoms with van der Waals surface area (Å²) < 4.78 is 7.31. The highest BCUT2D eigenvalue weighted by Gasteiger charge is 2.11. The number of hydrogen-bond acceptors (Lipinski definition) is 6. The van der Waals surface area contributed by atoms with Gasteiger partial charge in [-0.2, -0.15) is 5.26 Å². The molecule has 0 atom stereocenters. The Morgan fingerprint density at radius 2 is 2.23 bits per heavy atom. The van der Waals surface area contributed by atoms with Gasteiger partial charge in [-0.1, -0.05) is 23.4 Å². The van der Waals surface area contributed by atoms with Crippen molar-refractivity contribution >= 4 is 56.5 Å². The number of hydrogen-bond donors (Lipinski definition) is 1. The Kier molecular flexibility index (Phi) is 5.99. The quantitative estimate of drug-likeness (QED) is 0.589. The molecular weight excluding hydrogens is 390 g/mol. The van der Waals surface area contributed by atoms with Crippen LogP contribution >= 0.6 is 34.7 Å². The Morgan fingerprint density at radius 1 is 1.38 bits per heavy atom. The number of amides is 1. The third-order valence-electron chi connectivity index (χ3n) is 3.35. The van der Waals surface area contributed by atoms with Gasteiger partial charge in [0.05, 0.1) is 33.8 Å². The van der Waals surface area contributed by atoms with E-state index in [-0.39, 0.29) is 11.7 Å². The fourth-order valence-electron chi connectivity index (χ4n) is 2.23. The van der Waals surface area contributed by atoms with Crippen molar-refractivity contribution in [1.82, 2.24) is 4.98 Å². The first-order valence-corrected chi connectivity index (χ1v) is 9.92. The van der Waals surface area contributed by atoms with Gasteiger partial charge in [0.15, 0.2) is 4.34 Å². The summed E-state index contributed by atoms with van der Waals surface area (Å²) in [5, 5.41) is 12.3. The fraction of sp³-hybridized carbons (Fsp3) is 0.167. The number of carbonyl (C=O) groups excluding carboxylic acids is 1. The second-order valence-electron chi connectivity index (χ2n) is 5.18. The highest BCUT2D eigenvalue weighted by atomic mass is 35.5. The summed E-state index contributed by atoms with van der Waals surface area (Å²) in [6, 6.07) is 12.5. The number of rotatable bonds is 6. The molecule has 0 bridgehead atoms. The summed E-state index contributed by atoms with van der Waals surface area (Å²) in [7, 11) is 0. The van der Waals surface area contributed by atoms with E-state index < -0.39 is 0 Å². The molecule has 0 fully saturated rings.